The topological polar surface area (TPSA) is 60.8 Å². The maximum absolute atomic E-state index is 6.70. The second kappa shape index (κ2) is 12.8. The first kappa shape index (κ1) is 32.0. The summed E-state index contributed by atoms with van der Waals surface area (Å²) in [6.07, 6.45) is 5.44. The van der Waals surface area contributed by atoms with Crippen LogP contribution in [0, 0.1) is 0 Å². The quantitative estimate of drug-likeness (QED) is 0.181. The summed E-state index contributed by atoms with van der Waals surface area (Å²) in [5.74, 6) is 2.30. The minimum absolute atomic E-state index is 0.605. The maximum atomic E-state index is 6.70. The van der Waals surface area contributed by atoms with Crippen LogP contribution in [0.5, 0.6) is 11.5 Å². The molecule has 0 amide bonds. The molecule has 0 N–H and O–H groups in total. The lowest BCUT2D eigenvalue weighted by atomic mass is 9.62. The van der Waals surface area contributed by atoms with Crippen LogP contribution in [-0.4, -0.2) is 19.9 Å². The Kier molecular flexibility index (Phi) is 7.32. The normalized spacial score (nSPS) is 12.9. The molecule has 0 saturated carbocycles. The van der Waals surface area contributed by atoms with Gasteiger partial charge in [-0.3, -0.25) is 9.97 Å². The molecular weight excluding hydrogens is 685 g/mol. The number of pyridine rings is 2. The fourth-order valence-corrected chi connectivity index (χ4v) is 8.66. The van der Waals surface area contributed by atoms with Crippen LogP contribution < -0.4 is 4.74 Å². The molecule has 0 unspecified atom stereocenters. The van der Waals surface area contributed by atoms with Crippen molar-refractivity contribution in [3.8, 4) is 78.9 Å². The molecule has 0 atom stereocenters. The molecule has 5 heteroatoms. The van der Waals surface area contributed by atoms with E-state index in [2.05, 4.69) is 138 Å². The Hall–Kier alpha value is -7.50. The van der Waals surface area contributed by atoms with Gasteiger partial charge in [-0.15, -0.1) is 0 Å². The number of fused-ring (bicyclic) bond motifs is 11. The zero-order valence-corrected chi connectivity index (χ0v) is 30.2. The van der Waals surface area contributed by atoms with Crippen molar-refractivity contribution in [2.45, 2.75) is 5.41 Å². The number of hydrogen-bond acceptors (Lipinski definition) is 5. The number of rotatable bonds is 4. The number of para-hydroxylation sites is 2. The molecule has 1 spiro atoms. The van der Waals surface area contributed by atoms with Crippen LogP contribution in [0.3, 0.4) is 0 Å². The van der Waals surface area contributed by atoms with E-state index >= 15 is 0 Å². The van der Waals surface area contributed by atoms with E-state index in [1.165, 1.54) is 33.4 Å². The Morgan fingerprint density at radius 3 is 1.64 bits per heavy atom. The summed E-state index contributed by atoms with van der Waals surface area (Å²) >= 11 is 0. The van der Waals surface area contributed by atoms with Gasteiger partial charge in [0.1, 0.15) is 11.5 Å². The highest BCUT2D eigenvalue weighted by atomic mass is 16.5. The average molecular weight is 717 g/mol. The first-order chi connectivity index (χ1) is 27.8. The van der Waals surface area contributed by atoms with Gasteiger partial charge in [-0.2, -0.15) is 0 Å². The monoisotopic (exact) mass is 716 g/mol. The lowest BCUT2D eigenvalue weighted by Crippen LogP contribution is -2.34. The van der Waals surface area contributed by atoms with Crippen LogP contribution in [0.25, 0.3) is 67.4 Å². The molecule has 5 nitrogen and oxygen atoms in total. The van der Waals surface area contributed by atoms with Crippen LogP contribution in [0.1, 0.15) is 22.3 Å². The van der Waals surface area contributed by atoms with Crippen molar-refractivity contribution < 1.29 is 4.74 Å². The van der Waals surface area contributed by atoms with Gasteiger partial charge in [0.05, 0.1) is 22.5 Å². The Balaban J connectivity index is 1.19. The molecule has 0 radical (unpaired) electrons. The third kappa shape index (κ3) is 4.95. The lowest BCUT2D eigenvalue weighted by molar-refractivity contribution is 0.435. The molecule has 0 fully saturated rings. The van der Waals surface area contributed by atoms with Crippen molar-refractivity contribution in [1.29, 1.82) is 0 Å². The summed E-state index contributed by atoms with van der Waals surface area (Å²) in [6, 6.07) is 61.9. The molecule has 2 aliphatic rings. The molecule has 0 saturated heterocycles. The van der Waals surface area contributed by atoms with Crippen molar-refractivity contribution in [2.24, 2.45) is 0 Å². The van der Waals surface area contributed by atoms with E-state index in [0.29, 0.717) is 5.82 Å². The van der Waals surface area contributed by atoms with Crippen LogP contribution in [0.15, 0.2) is 195 Å². The van der Waals surface area contributed by atoms with Crippen molar-refractivity contribution >= 4 is 0 Å². The first-order valence-corrected chi connectivity index (χ1v) is 18.8. The predicted molar refractivity (Wildman–Crippen MR) is 222 cm³/mol. The summed E-state index contributed by atoms with van der Waals surface area (Å²) in [5.41, 5.74) is 14.9. The molecule has 6 aromatic carbocycles. The zero-order valence-electron chi connectivity index (χ0n) is 30.2. The highest BCUT2D eigenvalue weighted by Gasteiger charge is 2.49. The minimum atomic E-state index is -0.712. The fraction of sp³-hybridized carbons (Fsp3) is 0.0196. The summed E-state index contributed by atoms with van der Waals surface area (Å²) in [4.78, 5) is 19.5. The first-order valence-electron chi connectivity index (χ1n) is 18.8. The summed E-state index contributed by atoms with van der Waals surface area (Å²) in [6.45, 7) is 0. The number of benzene rings is 6. The van der Waals surface area contributed by atoms with Crippen molar-refractivity contribution in [3.63, 3.8) is 0 Å². The van der Waals surface area contributed by atoms with Gasteiger partial charge in [-0.25, -0.2) is 9.97 Å². The van der Waals surface area contributed by atoms with Gasteiger partial charge in [-0.1, -0.05) is 127 Å². The number of aromatic nitrogens is 4. The number of nitrogens with zero attached hydrogens (tertiary/aromatic N) is 4. The largest absolute Gasteiger partial charge is 0.457 e. The van der Waals surface area contributed by atoms with E-state index in [1.54, 1.807) is 6.20 Å². The minimum Gasteiger partial charge on any atom is -0.457 e. The summed E-state index contributed by atoms with van der Waals surface area (Å²) in [7, 11) is 0. The molecule has 3 aromatic heterocycles. The van der Waals surface area contributed by atoms with Crippen LogP contribution >= 0.6 is 0 Å². The summed E-state index contributed by atoms with van der Waals surface area (Å²) < 4.78 is 6.70. The van der Waals surface area contributed by atoms with E-state index < -0.39 is 5.41 Å². The van der Waals surface area contributed by atoms with Gasteiger partial charge in [-0.05, 0) is 81.9 Å². The lowest BCUT2D eigenvalue weighted by Gasteiger charge is -2.42. The van der Waals surface area contributed by atoms with E-state index in [0.717, 1.165) is 62.0 Å². The Bertz CT molecular complexity index is 2900. The van der Waals surface area contributed by atoms with E-state index in [4.69, 9.17) is 19.7 Å². The van der Waals surface area contributed by atoms with Gasteiger partial charge in [0.15, 0.2) is 5.82 Å². The highest BCUT2D eigenvalue weighted by molar-refractivity contribution is 5.94. The van der Waals surface area contributed by atoms with Gasteiger partial charge < -0.3 is 4.74 Å². The van der Waals surface area contributed by atoms with Crippen molar-refractivity contribution in [1.82, 2.24) is 19.9 Å². The van der Waals surface area contributed by atoms with E-state index in [-0.39, 0.29) is 0 Å². The SMILES string of the molecule is c1ccc(-c2cc(-c3ccc4c(c3)C3(c5ccccc5Oc5ccccc53)c3ccccc3-c3ccccc3-4)nc(-c3ccc(-c4cccnc4)nc3)n2)cc1. The number of ether oxygens (including phenoxy) is 1. The van der Waals surface area contributed by atoms with Gasteiger partial charge in [0, 0.05) is 52.0 Å². The molecular formula is C51H32N4O. The van der Waals surface area contributed by atoms with E-state index in [1.807, 2.05) is 54.9 Å². The highest BCUT2D eigenvalue weighted by Crippen LogP contribution is 2.61. The molecule has 1 aliphatic carbocycles. The maximum Gasteiger partial charge on any atom is 0.161 e. The smallest absolute Gasteiger partial charge is 0.161 e. The Morgan fingerprint density at radius 1 is 0.375 bits per heavy atom. The standard InChI is InChI=1S/C51H32N4O/c1-2-13-33(14-3-1)46-30-47(55-50(54-46)36-25-27-45(53-32-36)35-15-12-28-52-31-35)34-24-26-40-38-17-5-4-16-37(38)39-18-6-7-19-41(39)51(44(40)29-34)42-20-8-10-22-48(42)56-49-23-11-9-21-43(49)51/h1-32H. The van der Waals surface area contributed by atoms with E-state index in [9.17, 15) is 0 Å². The second-order valence-corrected chi connectivity index (χ2v) is 14.2. The molecule has 262 valence electrons. The predicted octanol–water partition coefficient (Wildman–Crippen LogP) is 12.1. The molecule has 1 aliphatic heterocycles. The third-order valence-corrected chi connectivity index (χ3v) is 11.1. The second-order valence-electron chi connectivity index (χ2n) is 14.2. The van der Waals surface area contributed by atoms with Crippen molar-refractivity contribution in [3.05, 3.63) is 217 Å². The van der Waals surface area contributed by atoms with Crippen LogP contribution in [-0.2, 0) is 5.41 Å². The molecule has 9 aromatic rings. The summed E-state index contributed by atoms with van der Waals surface area (Å²) in [5, 5.41) is 0. The average Bonchev–Trinajstić information content (AvgIpc) is 3.38. The fourth-order valence-electron chi connectivity index (χ4n) is 8.66. The van der Waals surface area contributed by atoms with Gasteiger partial charge in [0.2, 0.25) is 0 Å². The molecule has 0 bridgehead atoms. The Labute approximate surface area is 324 Å². The van der Waals surface area contributed by atoms with Crippen LogP contribution in [0.2, 0.25) is 0 Å². The van der Waals surface area contributed by atoms with Gasteiger partial charge in [0.25, 0.3) is 0 Å². The molecule has 11 rings (SSSR count). The zero-order chi connectivity index (χ0) is 37.1. The van der Waals surface area contributed by atoms with Crippen LogP contribution in [0.4, 0.5) is 0 Å². The molecule has 56 heavy (non-hydrogen) atoms. The third-order valence-electron chi connectivity index (χ3n) is 11.1. The Morgan fingerprint density at radius 2 is 0.964 bits per heavy atom. The number of hydrogen-bond donors (Lipinski definition) is 0. The van der Waals surface area contributed by atoms with Gasteiger partial charge >= 0.3 is 0 Å². The molecule has 4 heterocycles. The van der Waals surface area contributed by atoms with Crippen molar-refractivity contribution in [2.75, 3.05) is 0 Å².